The fourth-order valence-electron chi connectivity index (χ4n) is 5.19. The highest BCUT2D eigenvalue weighted by Gasteiger charge is 2.40. The minimum atomic E-state index is -0.632. The van der Waals surface area contributed by atoms with Crippen LogP contribution in [0.2, 0.25) is 0 Å². The molecule has 2 heterocycles. The first-order valence-corrected chi connectivity index (χ1v) is 12.7. The predicted octanol–water partition coefficient (Wildman–Crippen LogP) is 1.63. The average Bonchev–Trinajstić information content (AvgIpc) is 3.22. The number of hydrogen-bond acceptors (Lipinski definition) is 6. The lowest BCUT2D eigenvalue weighted by molar-refractivity contribution is -0.143. The van der Waals surface area contributed by atoms with Crippen molar-refractivity contribution in [2.24, 2.45) is 11.3 Å². The van der Waals surface area contributed by atoms with Crippen LogP contribution in [0.3, 0.4) is 0 Å². The molecule has 9 nitrogen and oxygen atoms in total. The summed E-state index contributed by atoms with van der Waals surface area (Å²) >= 11 is 0. The molecule has 34 heavy (non-hydrogen) atoms. The highest BCUT2D eigenvalue weighted by atomic mass is 16.6. The SMILES string of the molecule is CONC(=O)[C@@H]1CCCN1C[C@H](C(C)C)N(C)C(=O)[C@@H](NC(=O)C1CCCCN1C)C(C)(C)C. The van der Waals surface area contributed by atoms with E-state index in [0.717, 1.165) is 45.2 Å². The summed E-state index contributed by atoms with van der Waals surface area (Å²) in [4.78, 5) is 50.3. The first kappa shape index (κ1) is 28.5. The number of nitrogens with zero attached hydrogens (tertiary/aromatic N) is 3. The summed E-state index contributed by atoms with van der Waals surface area (Å²) in [7, 11) is 5.24. The molecule has 2 rings (SSSR count). The van der Waals surface area contributed by atoms with Crippen LogP contribution in [0.15, 0.2) is 0 Å². The van der Waals surface area contributed by atoms with Crippen molar-refractivity contribution in [2.45, 2.75) is 90.9 Å². The molecule has 2 N–H and O–H groups in total. The van der Waals surface area contributed by atoms with Gasteiger partial charge in [0.15, 0.2) is 0 Å². The van der Waals surface area contributed by atoms with E-state index in [4.69, 9.17) is 4.84 Å². The molecule has 2 saturated heterocycles. The monoisotopic (exact) mass is 481 g/mol. The van der Waals surface area contributed by atoms with Crippen LogP contribution in [0.1, 0.15) is 66.7 Å². The fraction of sp³-hybridized carbons (Fsp3) is 0.880. The third-order valence-corrected chi connectivity index (χ3v) is 7.38. The van der Waals surface area contributed by atoms with Crippen LogP contribution in [0.4, 0.5) is 0 Å². The Kier molecular flexibility index (Phi) is 10.3. The Morgan fingerprint density at radius 2 is 1.68 bits per heavy atom. The number of piperidine rings is 1. The summed E-state index contributed by atoms with van der Waals surface area (Å²) in [6, 6.07) is -1.18. The van der Waals surface area contributed by atoms with Crippen molar-refractivity contribution in [1.82, 2.24) is 25.5 Å². The topological polar surface area (TPSA) is 94.2 Å². The Hall–Kier alpha value is -1.71. The molecule has 0 aliphatic carbocycles. The quantitative estimate of drug-likeness (QED) is 0.486. The number of amides is 3. The molecule has 3 amide bonds. The molecule has 2 fully saturated rings. The van der Waals surface area contributed by atoms with Gasteiger partial charge >= 0.3 is 0 Å². The lowest BCUT2D eigenvalue weighted by Gasteiger charge is -2.41. The number of likely N-dealkylation sites (N-methyl/N-ethyl adjacent to an activating group) is 2. The summed E-state index contributed by atoms with van der Waals surface area (Å²) in [5, 5.41) is 3.10. The van der Waals surface area contributed by atoms with Gasteiger partial charge in [-0.1, -0.05) is 41.0 Å². The van der Waals surface area contributed by atoms with Gasteiger partial charge in [0.05, 0.1) is 19.2 Å². The maximum Gasteiger partial charge on any atom is 0.260 e. The van der Waals surface area contributed by atoms with E-state index >= 15 is 0 Å². The number of nitrogens with one attached hydrogen (secondary N) is 2. The van der Waals surface area contributed by atoms with Crippen molar-refractivity contribution in [3.05, 3.63) is 0 Å². The summed E-state index contributed by atoms with van der Waals surface area (Å²) in [6.45, 7) is 12.5. The highest BCUT2D eigenvalue weighted by molar-refractivity contribution is 5.90. The van der Waals surface area contributed by atoms with Crippen LogP contribution in [-0.2, 0) is 19.2 Å². The Labute approximate surface area is 205 Å². The second-order valence-corrected chi connectivity index (χ2v) is 11.4. The zero-order chi connectivity index (χ0) is 25.6. The minimum absolute atomic E-state index is 0.0687. The van der Waals surface area contributed by atoms with Gasteiger partial charge in [0, 0.05) is 19.6 Å². The molecule has 2 aliphatic rings. The number of likely N-dealkylation sites (tertiary alicyclic amines) is 2. The normalized spacial score (nSPS) is 24.0. The van der Waals surface area contributed by atoms with E-state index in [1.807, 2.05) is 34.9 Å². The third-order valence-electron chi connectivity index (χ3n) is 7.38. The van der Waals surface area contributed by atoms with Crippen molar-refractivity contribution in [2.75, 3.05) is 40.8 Å². The molecule has 1 unspecified atom stereocenters. The van der Waals surface area contributed by atoms with Crippen LogP contribution in [0.5, 0.6) is 0 Å². The molecular weight excluding hydrogens is 434 g/mol. The van der Waals surface area contributed by atoms with Crippen molar-refractivity contribution in [3.63, 3.8) is 0 Å². The summed E-state index contributed by atoms with van der Waals surface area (Å²) in [5.41, 5.74) is 2.01. The van der Waals surface area contributed by atoms with Crippen LogP contribution < -0.4 is 10.8 Å². The van der Waals surface area contributed by atoms with E-state index in [0.29, 0.717) is 6.54 Å². The van der Waals surface area contributed by atoms with Crippen LogP contribution in [-0.4, -0.2) is 97.4 Å². The van der Waals surface area contributed by atoms with Crippen molar-refractivity contribution in [1.29, 1.82) is 0 Å². The van der Waals surface area contributed by atoms with Gasteiger partial charge in [-0.05, 0) is 57.2 Å². The van der Waals surface area contributed by atoms with Gasteiger partial charge in [0.25, 0.3) is 5.91 Å². The number of rotatable bonds is 9. The molecule has 0 spiro atoms. The van der Waals surface area contributed by atoms with Gasteiger partial charge in [-0.2, -0.15) is 0 Å². The lowest BCUT2D eigenvalue weighted by atomic mass is 9.84. The Morgan fingerprint density at radius 3 is 2.24 bits per heavy atom. The minimum Gasteiger partial charge on any atom is -0.342 e. The summed E-state index contributed by atoms with van der Waals surface area (Å²) in [5.74, 6) is -0.120. The fourth-order valence-corrected chi connectivity index (χ4v) is 5.19. The molecule has 0 aromatic rings. The number of hydroxylamine groups is 1. The first-order chi connectivity index (χ1) is 15.9. The van der Waals surface area contributed by atoms with Gasteiger partial charge in [-0.3, -0.25) is 29.0 Å². The smallest absolute Gasteiger partial charge is 0.260 e. The Bertz CT molecular complexity index is 708. The second-order valence-electron chi connectivity index (χ2n) is 11.4. The lowest BCUT2D eigenvalue weighted by Crippen LogP contribution is -2.61. The molecular formula is C25H47N5O4. The van der Waals surface area contributed by atoms with Gasteiger partial charge < -0.3 is 10.2 Å². The molecule has 4 atom stereocenters. The van der Waals surface area contributed by atoms with E-state index in [2.05, 4.69) is 34.4 Å². The van der Waals surface area contributed by atoms with E-state index in [9.17, 15) is 14.4 Å². The maximum atomic E-state index is 13.8. The standard InChI is InChI=1S/C25H47N5O4/c1-17(2)20(16-30-15-11-13-19(30)23(32)27-34-8)29(7)24(33)21(25(3,4)5)26-22(31)18-12-9-10-14-28(18)6/h17-21H,9-16H2,1-8H3,(H,26,31)(H,27,32)/t18?,19-,20+,21+/m0/s1. The van der Waals surface area contributed by atoms with Crippen LogP contribution in [0, 0.1) is 11.3 Å². The van der Waals surface area contributed by atoms with Crippen LogP contribution >= 0.6 is 0 Å². The molecule has 0 aromatic heterocycles. The average molecular weight is 482 g/mol. The van der Waals surface area contributed by atoms with E-state index in [1.165, 1.54) is 7.11 Å². The molecule has 2 aliphatic heterocycles. The number of carbonyl (C=O) groups excluding carboxylic acids is 3. The van der Waals surface area contributed by atoms with Gasteiger partial charge in [-0.25, -0.2) is 5.48 Å². The second kappa shape index (κ2) is 12.3. The van der Waals surface area contributed by atoms with Crippen molar-refractivity contribution < 1.29 is 19.2 Å². The van der Waals surface area contributed by atoms with Gasteiger partial charge in [0.2, 0.25) is 11.8 Å². The molecule has 0 saturated carbocycles. The molecule has 0 radical (unpaired) electrons. The molecule has 9 heteroatoms. The zero-order valence-electron chi connectivity index (χ0n) is 22.5. The predicted molar refractivity (Wildman–Crippen MR) is 133 cm³/mol. The Balaban J connectivity index is 2.16. The van der Waals surface area contributed by atoms with Crippen molar-refractivity contribution >= 4 is 17.7 Å². The van der Waals surface area contributed by atoms with Gasteiger partial charge in [0.1, 0.15) is 6.04 Å². The van der Waals surface area contributed by atoms with E-state index in [1.54, 1.807) is 4.90 Å². The van der Waals surface area contributed by atoms with Crippen LogP contribution in [0.25, 0.3) is 0 Å². The number of hydrogen-bond donors (Lipinski definition) is 2. The van der Waals surface area contributed by atoms with Gasteiger partial charge in [-0.15, -0.1) is 0 Å². The molecule has 0 bridgehead atoms. The number of carbonyl (C=O) groups is 3. The van der Waals surface area contributed by atoms with E-state index < -0.39 is 11.5 Å². The molecule has 0 aromatic carbocycles. The zero-order valence-corrected chi connectivity index (χ0v) is 22.5. The molecule has 196 valence electrons. The largest absolute Gasteiger partial charge is 0.342 e. The summed E-state index contributed by atoms with van der Waals surface area (Å²) < 4.78 is 0. The third kappa shape index (κ3) is 7.15. The summed E-state index contributed by atoms with van der Waals surface area (Å²) in [6.07, 6.45) is 4.64. The van der Waals surface area contributed by atoms with E-state index in [-0.39, 0.29) is 41.8 Å². The van der Waals surface area contributed by atoms with Crippen molar-refractivity contribution in [3.8, 4) is 0 Å². The maximum absolute atomic E-state index is 13.8. The first-order valence-electron chi connectivity index (χ1n) is 12.7. The highest BCUT2D eigenvalue weighted by Crippen LogP contribution is 2.26. The Morgan fingerprint density at radius 1 is 1.03 bits per heavy atom.